The summed E-state index contributed by atoms with van der Waals surface area (Å²) in [5, 5.41) is 2.86. The van der Waals surface area contributed by atoms with Crippen LogP contribution in [0.15, 0.2) is 18.3 Å². The average molecular weight is 219 g/mol. The third kappa shape index (κ3) is 2.22. The van der Waals surface area contributed by atoms with Gasteiger partial charge in [-0.05, 0) is 37.8 Å². The van der Waals surface area contributed by atoms with E-state index in [9.17, 15) is 4.79 Å². The van der Waals surface area contributed by atoms with Gasteiger partial charge in [0, 0.05) is 18.4 Å². The molecular formula is C12H17N3O. The van der Waals surface area contributed by atoms with Crippen molar-refractivity contribution in [3.63, 3.8) is 0 Å². The molecular weight excluding hydrogens is 202 g/mol. The highest BCUT2D eigenvalue weighted by molar-refractivity contribution is 5.86. The highest BCUT2D eigenvalue weighted by Crippen LogP contribution is 2.29. The van der Waals surface area contributed by atoms with Crippen molar-refractivity contribution >= 4 is 5.91 Å². The molecule has 1 aliphatic carbocycles. The van der Waals surface area contributed by atoms with Crippen LogP contribution in [0.5, 0.6) is 0 Å². The van der Waals surface area contributed by atoms with Crippen molar-refractivity contribution in [3.05, 3.63) is 29.6 Å². The Morgan fingerprint density at radius 1 is 1.56 bits per heavy atom. The number of hydrogen-bond donors (Lipinski definition) is 2. The number of carbonyl (C=O) groups is 1. The standard InChI is InChI=1S/C12H17N3O/c1-9-3-4-10(7-14-9)8-15-11(16)12(13)5-2-6-12/h3-4,7H,2,5-6,8,13H2,1H3,(H,15,16). The van der Waals surface area contributed by atoms with Crippen LogP contribution in [0.2, 0.25) is 0 Å². The minimum atomic E-state index is -0.613. The highest BCUT2D eigenvalue weighted by atomic mass is 16.2. The summed E-state index contributed by atoms with van der Waals surface area (Å²) in [6, 6.07) is 3.90. The van der Waals surface area contributed by atoms with Gasteiger partial charge in [0.05, 0.1) is 5.54 Å². The zero-order chi connectivity index (χ0) is 11.6. The molecule has 0 bridgehead atoms. The molecule has 3 N–H and O–H groups in total. The number of nitrogens with one attached hydrogen (secondary N) is 1. The Morgan fingerprint density at radius 2 is 2.31 bits per heavy atom. The molecule has 0 spiro atoms. The normalized spacial score (nSPS) is 17.6. The minimum Gasteiger partial charge on any atom is -0.350 e. The lowest BCUT2D eigenvalue weighted by Crippen LogP contribution is -2.58. The van der Waals surface area contributed by atoms with E-state index >= 15 is 0 Å². The molecule has 0 unspecified atom stereocenters. The first kappa shape index (κ1) is 11.1. The van der Waals surface area contributed by atoms with Gasteiger partial charge in [-0.1, -0.05) is 6.07 Å². The molecule has 1 aromatic rings. The van der Waals surface area contributed by atoms with Crippen molar-refractivity contribution in [1.29, 1.82) is 0 Å². The van der Waals surface area contributed by atoms with Gasteiger partial charge in [0.2, 0.25) is 5.91 Å². The van der Waals surface area contributed by atoms with E-state index < -0.39 is 5.54 Å². The molecule has 1 amide bonds. The van der Waals surface area contributed by atoms with Crippen LogP contribution in [0.4, 0.5) is 0 Å². The zero-order valence-corrected chi connectivity index (χ0v) is 9.49. The largest absolute Gasteiger partial charge is 0.350 e. The van der Waals surface area contributed by atoms with E-state index in [1.807, 2.05) is 19.1 Å². The third-order valence-corrected chi connectivity index (χ3v) is 3.12. The van der Waals surface area contributed by atoms with Crippen molar-refractivity contribution in [1.82, 2.24) is 10.3 Å². The van der Waals surface area contributed by atoms with Crippen LogP contribution in [0.1, 0.15) is 30.5 Å². The maximum atomic E-state index is 11.7. The molecule has 0 saturated heterocycles. The van der Waals surface area contributed by atoms with Crippen molar-refractivity contribution in [2.45, 2.75) is 38.3 Å². The van der Waals surface area contributed by atoms with E-state index in [-0.39, 0.29) is 5.91 Å². The van der Waals surface area contributed by atoms with Crippen LogP contribution in [0, 0.1) is 6.92 Å². The summed E-state index contributed by atoms with van der Waals surface area (Å²) in [7, 11) is 0. The first-order chi connectivity index (χ1) is 7.60. The van der Waals surface area contributed by atoms with Gasteiger partial charge >= 0.3 is 0 Å². The predicted molar refractivity (Wildman–Crippen MR) is 61.6 cm³/mol. The molecule has 0 radical (unpaired) electrons. The number of aromatic nitrogens is 1. The highest BCUT2D eigenvalue weighted by Gasteiger charge is 2.39. The molecule has 0 aromatic carbocycles. The second-order valence-corrected chi connectivity index (χ2v) is 4.50. The van der Waals surface area contributed by atoms with Crippen molar-refractivity contribution < 1.29 is 4.79 Å². The quantitative estimate of drug-likeness (QED) is 0.793. The number of nitrogens with zero attached hydrogens (tertiary/aromatic N) is 1. The number of nitrogens with two attached hydrogens (primary N) is 1. The molecule has 1 saturated carbocycles. The molecule has 1 aromatic heterocycles. The number of amides is 1. The summed E-state index contributed by atoms with van der Waals surface area (Å²) < 4.78 is 0. The molecule has 0 aliphatic heterocycles. The van der Waals surface area contributed by atoms with Gasteiger partial charge in [-0.25, -0.2) is 0 Å². The van der Waals surface area contributed by atoms with Crippen LogP contribution in [-0.2, 0) is 11.3 Å². The monoisotopic (exact) mass is 219 g/mol. The van der Waals surface area contributed by atoms with E-state index in [0.29, 0.717) is 6.54 Å². The topological polar surface area (TPSA) is 68.0 Å². The fraction of sp³-hybridized carbons (Fsp3) is 0.500. The zero-order valence-electron chi connectivity index (χ0n) is 9.49. The Morgan fingerprint density at radius 3 is 2.81 bits per heavy atom. The first-order valence-electron chi connectivity index (χ1n) is 5.59. The SMILES string of the molecule is Cc1ccc(CNC(=O)C2(N)CCC2)cn1. The number of carbonyl (C=O) groups excluding carboxylic acids is 1. The lowest BCUT2D eigenvalue weighted by atomic mass is 9.77. The van der Waals surface area contributed by atoms with Gasteiger partial charge in [0.15, 0.2) is 0 Å². The van der Waals surface area contributed by atoms with Crippen molar-refractivity contribution in [2.24, 2.45) is 5.73 Å². The van der Waals surface area contributed by atoms with E-state index in [2.05, 4.69) is 10.3 Å². The fourth-order valence-electron chi connectivity index (χ4n) is 1.75. The lowest BCUT2D eigenvalue weighted by Gasteiger charge is -2.36. The van der Waals surface area contributed by atoms with E-state index in [1.165, 1.54) is 0 Å². The van der Waals surface area contributed by atoms with Gasteiger partial charge in [-0.2, -0.15) is 0 Å². The summed E-state index contributed by atoms with van der Waals surface area (Å²) in [5.41, 5.74) is 7.27. The van der Waals surface area contributed by atoms with Gasteiger partial charge < -0.3 is 11.1 Å². The minimum absolute atomic E-state index is 0.0423. The maximum absolute atomic E-state index is 11.7. The summed E-state index contributed by atoms with van der Waals surface area (Å²) in [6.07, 6.45) is 4.42. The number of rotatable bonds is 3. The van der Waals surface area contributed by atoms with Gasteiger partial charge in [0.25, 0.3) is 0 Å². The van der Waals surface area contributed by atoms with Crippen LogP contribution in [0.25, 0.3) is 0 Å². The molecule has 4 nitrogen and oxygen atoms in total. The summed E-state index contributed by atoms with van der Waals surface area (Å²) >= 11 is 0. The Hall–Kier alpha value is -1.42. The summed E-state index contributed by atoms with van der Waals surface area (Å²) in [5.74, 6) is -0.0423. The van der Waals surface area contributed by atoms with Crippen LogP contribution in [0.3, 0.4) is 0 Å². The third-order valence-electron chi connectivity index (χ3n) is 3.12. The molecule has 1 aliphatic rings. The lowest BCUT2D eigenvalue weighted by molar-refractivity contribution is -0.129. The maximum Gasteiger partial charge on any atom is 0.240 e. The van der Waals surface area contributed by atoms with Gasteiger partial charge in [0.1, 0.15) is 0 Å². The molecule has 1 heterocycles. The van der Waals surface area contributed by atoms with Crippen LogP contribution >= 0.6 is 0 Å². The molecule has 1 fully saturated rings. The molecule has 86 valence electrons. The first-order valence-corrected chi connectivity index (χ1v) is 5.59. The smallest absolute Gasteiger partial charge is 0.240 e. The van der Waals surface area contributed by atoms with Gasteiger partial charge in [-0.3, -0.25) is 9.78 Å². The summed E-state index contributed by atoms with van der Waals surface area (Å²) in [6.45, 7) is 2.44. The Kier molecular flexibility index (Phi) is 2.92. The second kappa shape index (κ2) is 4.22. The molecule has 2 rings (SSSR count). The number of aryl methyl sites for hydroxylation is 1. The number of pyridine rings is 1. The molecule has 0 atom stereocenters. The van der Waals surface area contributed by atoms with Crippen molar-refractivity contribution in [2.75, 3.05) is 0 Å². The Bertz CT molecular complexity index is 382. The van der Waals surface area contributed by atoms with E-state index in [0.717, 1.165) is 30.5 Å². The molecule has 4 heteroatoms. The Labute approximate surface area is 95.3 Å². The average Bonchev–Trinajstić information content (AvgIpc) is 2.24. The second-order valence-electron chi connectivity index (χ2n) is 4.50. The summed E-state index contributed by atoms with van der Waals surface area (Å²) in [4.78, 5) is 15.9. The van der Waals surface area contributed by atoms with Crippen LogP contribution < -0.4 is 11.1 Å². The van der Waals surface area contributed by atoms with E-state index in [4.69, 9.17) is 5.73 Å². The number of hydrogen-bond acceptors (Lipinski definition) is 3. The van der Waals surface area contributed by atoms with Crippen LogP contribution in [-0.4, -0.2) is 16.4 Å². The molecule has 16 heavy (non-hydrogen) atoms. The van der Waals surface area contributed by atoms with Crippen molar-refractivity contribution in [3.8, 4) is 0 Å². The predicted octanol–water partition coefficient (Wildman–Crippen LogP) is 0.888. The fourth-order valence-corrected chi connectivity index (χ4v) is 1.75. The Balaban J connectivity index is 1.87. The van der Waals surface area contributed by atoms with E-state index in [1.54, 1.807) is 6.20 Å². The van der Waals surface area contributed by atoms with Gasteiger partial charge in [-0.15, -0.1) is 0 Å².